The Morgan fingerprint density at radius 3 is 2.85 bits per heavy atom. The zero-order valence-electron chi connectivity index (χ0n) is 14.1. The first-order valence-electron chi connectivity index (χ1n) is 8.01. The number of nitro groups is 1. The second-order valence-corrected chi connectivity index (χ2v) is 6.04. The molecule has 0 saturated heterocycles. The van der Waals surface area contributed by atoms with Gasteiger partial charge in [-0.25, -0.2) is 4.39 Å². The third-order valence-corrected chi connectivity index (χ3v) is 4.37. The van der Waals surface area contributed by atoms with Crippen LogP contribution in [0.2, 0.25) is 0 Å². The van der Waals surface area contributed by atoms with Crippen molar-refractivity contribution in [3.05, 3.63) is 74.6 Å². The minimum absolute atomic E-state index is 0. The molecule has 0 fully saturated rings. The van der Waals surface area contributed by atoms with Crippen LogP contribution in [0, 0.1) is 22.9 Å². The molecule has 0 radical (unpaired) electrons. The van der Waals surface area contributed by atoms with Crippen LogP contribution in [0.15, 0.2) is 36.4 Å². The highest BCUT2D eigenvalue weighted by Gasteiger charge is 2.26. The summed E-state index contributed by atoms with van der Waals surface area (Å²) in [6, 6.07) is 9.82. The molecule has 0 spiro atoms. The van der Waals surface area contributed by atoms with Gasteiger partial charge in [0.15, 0.2) is 0 Å². The molecule has 3 rings (SSSR count). The monoisotopic (exact) mass is 379 g/mol. The molecule has 1 unspecified atom stereocenters. The highest BCUT2D eigenvalue weighted by molar-refractivity contribution is 5.98. The van der Waals surface area contributed by atoms with E-state index in [1.165, 1.54) is 12.5 Å². The lowest BCUT2D eigenvalue weighted by molar-refractivity contribution is -0.385. The van der Waals surface area contributed by atoms with Gasteiger partial charge in [-0.2, -0.15) is 0 Å². The predicted molar refractivity (Wildman–Crippen MR) is 98.3 cm³/mol. The Hall–Kier alpha value is -2.51. The summed E-state index contributed by atoms with van der Waals surface area (Å²) in [5.74, 6) is -1.33. The third kappa shape index (κ3) is 4.00. The normalized spacial score (nSPS) is 15.5. The molecule has 26 heavy (non-hydrogen) atoms. The molecule has 2 aromatic rings. The van der Waals surface area contributed by atoms with E-state index >= 15 is 0 Å². The van der Waals surface area contributed by atoms with Crippen LogP contribution in [0.3, 0.4) is 0 Å². The van der Waals surface area contributed by atoms with Gasteiger partial charge in [0, 0.05) is 18.2 Å². The van der Waals surface area contributed by atoms with E-state index in [0.29, 0.717) is 0 Å². The topological polar surface area (TPSA) is 84.3 Å². The summed E-state index contributed by atoms with van der Waals surface area (Å²) in [4.78, 5) is 23.0. The first-order valence-corrected chi connectivity index (χ1v) is 8.01. The molecule has 6 nitrogen and oxygen atoms in total. The van der Waals surface area contributed by atoms with E-state index in [4.69, 9.17) is 0 Å². The zero-order valence-corrected chi connectivity index (χ0v) is 14.9. The SMILES string of the molecule is Cc1cc(F)cc(C(=O)NCC2NCCc3ccccc32)c1[N+](=O)[O-].Cl. The lowest BCUT2D eigenvalue weighted by Gasteiger charge is -2.27. The van der Waals surface area contributed by atoms with E-state index < -0.39 is 16.6 Å². The summed E-state index contributed by atoms with van der Waals surface area (Å²) in [6.07, 6.45) is 0.912. The second-order valence-electron chi connectivity index (χ2n) is 6.04. The van der Waals surface area contributed by atoms with Crippen LogP contribution in [0.25, 0.3) is 0 Å². The van der Waals surface area contributed by atoms with Gasteiger partial charge >= 0.3 is 0 Å². The van der Waals surface area contributed by atoms with Crippen molar-refractivity contribution in [3.8, 4) is 0 Å². The standard InChI is InChI=1S/C18H18FN3O3.ClH/c1-11-8-13(19)9-15(17(11)22(24)25)18(23)21-10-16-14-5-3-2-4-12(14)6-7-20-16;/h2-5,8-9,16,20H,6-7,10H2,1H3,(H,21,23);1H. The molecule has 8 heteroatoms. The number of halogens is 2. The summed E-state index contributed by atoms with van der Waals surface area (Å²) < 4.78 is 13.6. The van der Waals surface area contributed by atoms with Gasteiger partial charge in [-0.05, 0) is 43.1 Å². The molecule has 2 N–H and O–H groups in total. The Morgan fingerprint density at radius 1 is 1.38 bits per heavy atom. The van der Waals surface area contributed by atoms with E-state index in [1.807, 2.05) is 24.3 Å². The minimum Gasteiger partial charge on any atom is -0.350 e. The number of aryl methyl sites for hydroxylation is 1. The summed E-state index contributed by atoms with van der Waals surface area (Å²) in [5.41, 5.74) is 1.81. The van der Waals surface area contributed by atoms with Gasteiger partial charge in [-0.1, -0.05) is 24.3 Å². The van der Waals surface area contributed by atoms with E-state index in [2.05, 4.69) is 10.6 Å². The summed E-state index contributed by atoms with van der Waals surface area (Å²) in [5, 5.41) is 17.2. The number of nitrogens with zero attached hydrogens (tertiary/aromatic N) is 1. The number of nitro benzene ring substituents is 1. The van der Waals surface area contributed by atoms with Gasteiger partial charge in [-0.3, -0.25) is 14.9 Å². The number of carbonyl (C=O) groups is 1. The highest BCUT2D eigenvalue weighted by Crippen LogP contribution is 2.25. The number of nitrogens with one attached hydrogen (secondary N) is 2. The van der Waals surface area contributed by atoms with Crippen LogP contribution in [0.1, 0.15) is 33.1 Å². The van der Waals surface area contributed by atoms with Gasteiger partial charge < -0.3 is 10.6 Å². The van der Waals surface area contributed by atoms with Crippen molar-refractivity contribution in [2.45, 2.75) is 19.4 Å². The van der Waals surface area contributed by atoms with Crippen molar-refractivity contribution >= 4 is 24.0 Å². The number of hydrogen-bond donors (Lipinski definition) is 2. The molecule has 2 aromatic carbocycles. The molecule has 1 aliphatic heterocycles. The van der Waals surface area contributed by atoms with Crippen LogP contribution in [-0.2, 0) is 6.42 Å². The first-order chi connectivity index (χ1) is 12.0. The Labute approximate surface area is 156 Å². The van der Waals surface area contributed by atoms with Gasteiger partial charge in [0.1, 0.15) is 11.4 Å². The molecule has 138 valence electrons. The fourth-order valence-electron chi connectivity index (χ4n) is 3.22. The number of rotatable bonds is 4. The number of carbonyl (C=O) groups excluding carboxylic acids is 1. The minimum atomic E-state index is -0.672. The molecule has 1 heterocycles. The molecular weight excluding hydrogens is 361 g/mol. The second kappa shape index (κ2) is 8.25. The fourth-order valence-corrected chi connectivity index (χ4v) is 3.22. The van der Waals surface area contributed by atoms with Crippen LogP contribution in [0.5, 0.6) is 0 Å². The largest absolute Gasteiger partial charge is 0.350 e. The lowest BCUT2D eigenvalue weighted by Crippen LogP contribution is -2.39. The van der Waals surface area contributed by atoms with Crippen molar-refractivity contribution in [2.75, 3.05) is 13.1 Å². The Morgan fingerprint density at radius 2 is 2.12 bits per heavy atom. The van der Waals surface area contributed by atoms with E-state index in [1.54, 1.807) is 0 Å². The first kappa shape index (κ1) is 19.8. The number of fused-ring (bicyclic) bond motifs is 1. The zero-order chi connectivity index (χ0) is 18.0. The molecule has 1 aliphatic rings. The van der Waals surface area contributed by atoms with Gasteiger partial charge in [0.05, 0.1) is 4.92 Å². The summed E-state index contributed by atoms with van der Waals surface area (Å²) >= 11 is 0. The van der Waals surface area contributed by atoms with Gasteiger partial charge in [0.2, 0.25) is 0 Å². The average Bonchev–Trinajstić information content (AvgIpc) is 2.58. The van der Waals surface area contributed by atoms with Crippen molar-refractivity contribution in [1.82, 2.24) is 10.6 Å². The van der Waals surface area contributed by atoms with E-state index in [0.717, 1.165) is 30.7 Å². The maximum Gasteiger partial charge on any atom is 0.285 e. The highest BCUT2D eigenvalue weighted by atomic mass is 35.5. The van der Waals surface area contributed by atoms with E-state index in [-0.39, 0.29) is 41.8 Å². The van der Waals surface area contributed by atoms with Gasteiger partial charge in [0.25, 0.3) is 11.6 Å². The quantitative estimate of drug-likeness (QED) is 0.631. The molecular formula is C18H19ClFN3O3. The Kier molecular flexibility index (Phi) is 6.28. The van der Waals surface area contributed by atoms with Crippen molar-refractivity contribution in [2.24, 2.45) is 0 Å². The van der Waals surface area contributed by atoms with Crippen LogP contribution >= 0.6 is 12.4 Å². The Bertz CT molecular complexity index is 844. The summed E-state index contributed by atoms with van der Waals surface area (Å²) in [7, 11) is 0. The van der Waals surface area contributed by atoms with Crippen LogP contribution in [-0.4, -0.2) is 23.9 Å². The molecule has 0 saturated carbocycles. The lowest BCUT2D eigenvalue weighted by atomic mass is 9.94. The van der Waals surface area contributed by atoms with Crippen LogP contribution < -0.4 is 10.6 Å². The molecule has 0 aliphatic carbocycles. The van der Waals surface area contributed by atoms with Crippen molar-refractivity contribution < 1.29 is 14.1 Å². The predicted octanol–water partition coefficient (Wildman–Crippen LogP) is 3.08. The number of benzene rings is 2. The molecule has 0 bridgehead atoms. The maximum atomic E-state index is 13.6. The smallest absolute Gasteiger partial charge is 0.285 e. The third-order valence-electron chi connectivity index (χ3n) is 4.37. The number of hydrogen-bond acceptors (Lipinski definition) is 4. The summed E-state index contributed by atoms with van der Waals surface area (Å²) in [6.45, 7) is 2.47. The van der Waals surface area contributed by atoms with Crippen molar-refractivity contribution in [3.63, 3.8) is 0 Å². The van der Waals surface area contributed by atoms with Crippen molar-refractivity contribution in [1.29, 1.82) is 0 Å². The Balaban J connectivity index is 0.00000243. The van der Waals surface area contributed by atoms with Crippen LogP contribution in [0.4, 0.5) is 10.1 Å². The average molecular weight is 380 g/mol. The van der Waals surface area contributed by atoms with E-state index in [9.17, 15) is 19.3 Å². The van der Waals surface area contributed by atoms with Gasteiger partial charge in [-0.15, -0.1) is 12.4 Å². The molecule has 1 atom stereocenters. The molecule has 0 aromatic heterocycles. The maximum absolute atomic E-state index is 13.6. The number of amides is 1. The fraction of sp³-hybridized carbons (Fsp3) is 0.278. The molecule has 1 amide bonds.